The molecule has 0 aliphatic carbocycles. The summed E-state index contributed by atoms with van der Waals surface area (Å²) in [6.45, 7) is 2.36. The number of nitrogens with one attached hydrogen (secondary N) is 1. The lowest BCUT2D eigenvalue weighted by Gasteiger charge is -2.31. The van der Waals surface area contributed by atoms with E-state index in [1.165, 1.54) is 30.8 Å². The second-order valence-corrected chi connectivity index (χ2v) is 5.39. The maximum Gasteiger partial charge on any atom is 0.0469 e. The molecule has 3 heteroatoms. The summed E-state index contributed by atoms with van der Waals surface area (Å²) in [5.74, 6) is 0. The molecule has 0 bridgehead atoms. The van der Waals surface area contributed by atoms with Gasteiger partial charge in [-0.05, 0) is 56.8 Å². The van der Waals surface area contributed by atoms with Crippen LogP contribution in [0.15, 0.2) is 48.8 Å². The molecular formula is C16H21N3. The van der Waals surface area contributed by atoms with Crippen LogP contribution < -0.4 is 5.32 Å². The maximum atomic E-state index is 3.66. The van der Waals surface area contributed by atoms with Crippen molar-refractivity contribution in [3.63, 3.8) is 0 Å². The van der Waals surface area contributed by atoms with E-state index in [-0.39, 0.29) is 0 Å². The maximum absolute atomic E-state index is 3.66. The molecule has 1 fully saturated rings. The normalized spacial score (nSPS) is 20.4. The molecule has 1 aliphatic heterocycles. The Morgan fingerprint density at radius 3 is 2.79 bits per heavy atom. The van der Waals surface area contributed by atoms with Crippen LogP contribution in [0.2, 0.25) is 0 Å². The average Bonchev–Trinajstić information content (AvgIpc) is 2.93. The molecule has 1 atom stereocenters. The quantitative estimate of drug-likeness (QED) is 0.910. The molecule has 0 radical (unpaired) electrons. The van der Waals surface area contributed by atoms with Gasteiger partial charge in [-0.25, -0.2) is 0 Å². The van der Waals surface area contributed by atoms with Crippen LogP contribution in [-0.2, 0) is 0 Å². The molecule has 1 N–H and O–H groups in total. The highest BCUT2D eigenvalue weighted by molar-refractivity contribution is 5.52. The van der Waals surface area contributed by atoms with Crippen molar-refractivity contribution >= 4 is 5.69 Å². The summed E-state index contributed by atoms with van der Waals surface area (Å²) < 4.78 is 2.14. The Bertz CT molecular complexity index is 519. The van der Waals surface area contributed by atoms with Crippen LogP contribution in [0.5, 0.6) is 0 Å². The number of nitrogens with zero attached hydrogens (tertiary/aromatic N) is 2. The SMILES string of the molecule is CN1CCCC(Nc2cccc(-n3cccc3)c2)C1. The Kier molecular flexibility index (Phi) is 3.56. The zero-order valence-electron chi connectivity index (χ0n) is 11.4. The predicted molar refractivity (Wildman–Crippen MR) is 79.9 cm³/mol. The highest BCUT2D eigenvalue weighted by atomic mass is 15.1. The molecule has 0 spiro atoms. The van der Waals surface area contributed by atoms with Crippen LogP contribution in [0.25, 0.3) is 5.69 Å². The van der Waals surface area contributed by atoms with E-state index < -0.39 is 0 Å². The number of benzene rings is 1. The zero-order chi connectivity index (χ0) is 13.1. The van der Waals surface area contributed by atoms with Crippen molar-refractivity contribution in [2.45, 2.75) is 18.9 Å². The van der Waals surface area contributed by atoms with Gasteiger partial charge in [0.1, 0.15) is 0 Å². The molecule has 1 aromatic heterocycles. The third-order valence-corrected chi connectivity index (χ3v) is 3.74. The van der Waals surface area contributed by atoms with Gasteiger partial charge in [0.25, 0.3) is 0 Å². The topological polar surface area (TPSA) is 20.2 Å². The summed E-state index contributed by atoms with van der Waals surface area (Å²) in [4.78, 5) is 2.40. The first-order valence-corrected chi connectivity index (χ1v) is 7.00. The number of rotatable bonds is 3. The summed E-state index contributed by atoms with van der Waals surface area (Å²) >= 11 is 0. The highest BCUT2D eigenvalue weighted by Crippen LogP contribution is 2.18. The minimum atomic E-state index is 0.568. The number of hydrogen-bond acceptors (Lipinski definition) is 2. The summed E-state index contributed by atoms with van der Waals surface area (Å²) in [5.41, 5.74) is 2.42. The second-order valence-electron chi connectivity index (χ2n) is 5.39. The Hall–Kier alpha value is -1.74. The fourth-order valence-corrected chi connectivity index (χ4v) is 2.78. The fourth-order valence-electron chi connectivity index (χ4n) is 2.78. The van der Waals surface area contributed by atoms with Gasteiger partial charge in [0.15, 0.2) is 0 Å². The molecule has 2 aromatic rings. The summed E-state index contributed by atoms with van der Waals surface area (Å²) in [5, 5.41) is 3.66. The van der Waals surface area contributed by atoms with Gasteiger partial charge >= 0.3 is 0 Å². The first-order valence-electron chi connectivity index (χ1n) is 7.00. The van der Waals surface area contributed by atoms with Crippen molar-refractivity contribution in [2.75, 3.05) is 25.5 Å². The van der Waals surface area contributed by atoms with Gasteiger partial charge in [-0.15, -0.1) is 0 Å². The van der Waals surface area contributed by atoms with Crippen molar-refractivity contribution in [3.8, 4) is 5.69 Å². The fraction of sp³-hybridized carbons (Fsp3) is 0.375. The standard InChI is InChI=1S/C16H21N3/c1-18-9-5-7-15(13-18)17-14-6-4-8-16(12-14)19-10-2-3-11-19/h2-4,6,8,10-12,15,17H,5,7,9,13H2,1H3. The lowest BCUT2D eigenvalue weighted by Crippen LogP contribution is -2.39. The number of aromatic nitrogens is 1. The Labute approximate surface area is 114 Å². The van der Waals surface area contributed by atoms with Crippen LogP contribution in [-0.4, -0.2) is 35.6 Å². The number of anilines is 1. The smallest absolute Gasteiger partial charge is 0.0469 e. The molecule has 0 saturated carbocycles. The van der Waals surface area contributed by atoms with Gasteiger partial charge in [-0.3, -0.25) is 0 Å². The molecule has 100 valence electrons. The van der Waals surface area contributed by atoms with E-state index in [2.05, 4.69) is 70.6 Å². The first-order chi connectivity index (χ1) is 9.31. The lowest BCUT2D eigenvalue weighted by molar-refractivity contribution is 0.261. The number of piperidine rings is 1. The summed E-state index contributed by atoms with van der Waals surface area (Å²) in [6.07, 6.45) is 6.70. The van der Waals surface area contributed by atoms with Gasteiger partial charge in [0, 0.05) is 36.4 Å². The van der Waals surface area contributed by atoms with E-state index >= 15 is 0 Å². The number of likely N-dealkylation sites (tertiary alicyclic amines) is 1. The van der Waals surface area contributed by atoms with Crippen molar-refractivity contribution in [3.05, 3.63) is 48.8 Å². The predicted octanol–water partition coefficient (Wildman–Crippen LogP) is 2.98. The first kappa shape index (κ1) is 12.3. The van der Waals surface area contributed by atoms with Crippen molar-refractivity contribution in [2.24, 2.45) is 0 Å². The molecule has 1 aromatic carbocycles. The second kappa shape index (κ2) is 5.49. The van der Waals surface area contributed by atoms with Crippen molar-refractivity contribution < 1.29 is 0 Å². The van der Waals surface area contributed by atoms with Gasteiger partial charge < -0.3 is 14.8 Å². The zero-order valence-corrected chi connectivity index (χ0v) is 11.4. The monoisotopic (exact) mass is 255 g/mol. The van der Waals surface area contributed by atoms with Crippen LogP contribution in [0, 0.1) is 0 Å². The molecule has 2 heterocycles. The molecular weight excluding hydrogens is 234 g/mol. The van der Waals surface area contributed by atoms with Gasteiger partial charge in [-0.1, -0.05) is 6.07 Å². The van der Waals surface area contributed by atoms with Crippen molar-refractivity contribution in [1.82, 2.24) is 9.47 Å². The molecule has 1 aliphatic rings. The Morgan fingerprint density at radius 1 is 1.16 bits per heavy atom. The molecule has 19 heavy (non-hydrogen) atoms. The van der Waals surface area contributed by atoms with E-state index in [9.17, 15) is 0 Å². The van der Waals surface area contributed by atoms with E-state index in [0.29, 0.717) is 6.04 Å². The molecule has 1 unspecified atom stereocenters. The van der Waals surface area contributed by atoms with Crippen LogP contribution in [0.4, 0.5) is 5.69 Å². The van der Waals surface area contributed by atoms with Crippen molar-refractivity contribution in [1.29, 1.82) is 0 Å². The minimum absolute atomic E-state index is 0.568. The van der Waals surface area contributed by atoms with E-state index in [4.69, 9.17) is 0 Å². The molecule has 3 nitrogen and oxygen atoms in total. The summed E-state index contributed by atoms with van der Waals surface area (Å²) in [6, 6.07) is 13.3. The third kappa shape index (κ3) is 2.99. The van der Waals surface area contributed by atoms with Gasteiger partial charge in [0.2, 0.25) is 0 Å². The van der Waals surface area contributed by atoms with Crippen LogP contribution >= 0.6 is 0 Å². The molecule has 3 rings (SSSR count). The van der Waals surface area contributed by atoms with Crippen LogP contribution in [0.1, 0.15) is 12.8 Å². The largest absolute Gasteiger partial charge is 0.381 e. The molecule has 0 amide bonds. The Morgan fingerprint density at radius 2 is 2.00 bits per heavy atom. The van der Waals surface area contributed by atoms with Gasteiger partial charge in [0.05, 0.1) is 0 Å². The average molecular weight is 255 g/mol. The Balaban J connectivity index is 1.73. The molecule has 1 saturated heterocycles. The lowest BCUT2D eigenvalue weighted by atomic mass is 10.1. The van der Waals surface area contributed by atoms with E-state index in [1.807, 2.05) is 0 Å². The minimum Gasteiger partial charge on any atom is -0.381 e. The van der Waals surface area contributed by atoms with E-state index in [1.54, 1.807) is 0 Å². The van der Waals surface area contributed by atoms with Gasteiger partial charge in [-0.2, -0.15) is 0 Å². The third-order valence-electron chi connectivity index (χ3n) is 3.74. The van der Waals surface area contributed by atoms with Crippen LogP contribution in [0.3, 0.4) is 0 Å². The highest BCUT2D eigenvalue weighted by Gasteiger charge is 2.16. The number of likely N-dealkylation sites (N-methyl/N-ethyl adjacent to an activating group) is 1. The summed E-state index contributed by atoms with van der Waals surface area (Å²) in [7, 11) is 2.20. The number of hydrogen-bond donors (Lipinski definition) is 1. The van der Waals surface area contributed by atoms with E-state index in [0.717, 1.165) is 6.54 Å².